The minimum Gasteiger partial charge on any atom is -0.361 e. The Morgan fingerprint density at radius 1 is 1.22 bits per heavy atom. The summed E-state index contributed by atoms with van der Waals surface area (Å²) in [6.07, 6.45) is -0.882. The molecular formula is C22H20F4N4O2. The Labute approximate surface area is 180 Å². The number of alkyl halides is 3. The average molecular weight is 448 g/mol. The van der Waals surface area contributed by atoms with Gasteiger partial charge in [-0.1, -0.05) is 12.1 Å². The van der Waals surface area contributed by atoms with Gasteiger partial charge in [0.25, 0.3) is 5.56 Å². The molecule has 4 heterocycles. The van der Waals surface area contributed by atoms with E-state index in [0.717, 1.165) is 23.8 Å². The molecular weight excluding hydrogens is 428 g/mol. The highest BCUT2D eigenvalue weighted by molar-refractivity contribution is 5.96. The zero-order chi connectivity index (χ0) is 22.5. The first-order chi connectivity index (χ1) is 15.3. The Bertz CT molecular complexity index is 1240. The first kappa shape index (κ1) is 20.9. The molecule has 0 amide bonds. The molecule has 6 nitrogen and oxygen atoms in total. The van der Waals surface area contributed by atoms with E-state index < -0.39 is 24.2 Å². The van der Waals surface area contributed by atoms with Gasteiger partial charge in [0, 0.05) is 23.8 Å². The summed E-state index contributed by atoms with van der Waals surface area (Å²) in [5.74, 6) is -0.739. The van der Waals surface area contributed by atoms with Crippen molar-refractivity contribution in [1.82, 2.24) is 14.6 Å². The first-order valence-electron chi connectivity index (χ1n) is 10.3. The Kier molecular flexibility index (Phi) is 5.13. The van der Waals surface area contributed by atoms with Gasteiger partial charge in [-0.05, 0) is 43.0 Å². The fourth-order valence-electron chi connectivity index (χ4n) is 4.38. The van der Waals surface area contributed by atoms with Gasteiger partial charge < -0.3 is 10.2 Å². The van der Waals surface area contributed by atoms with E-state index in [1.807, 2.05) is 0 Å². The Balaban J connectivity index is 1.67. The van der Waals surface area contributed by atoms with Crippen molar-refractivity contribution >= 4 is 16.6 Å². The van der Waals surface area contributed by atoms with Gasteiger partial charge >= 0.3 is 6.18 Å². The molecule has 0 bridgehead atoms. The SMILES string of the molecule is O=c1c2c(c3ccc(-c4cccnc4F)cc3n1CC(F)(F)F)NN(C1CCCCO1)C2. The first-order valence-corrected chi connectivity index (χ1v) is 10.3. The number of halogens is 4. The molecule has 2 aliphatic rings. The summed E-state index contributed by atoms with van der Waals surface area (Å²) >= 11 is 0. The lowest BCUT2D eigenvalue weighted by atomic mass is 10.0. The van der Waals surface area contributed by atoms with E-state index >= 15 is 0 Å². The summed E-state index contributed by atoms with van der Waals surface area (Å²) in [5.41, 5.74) is 3.74. The van der Waals surface area contributed by atoms with E-state index in [9.17, 15) is 22.4 Å². The number of anilines is 1. The molecule has 1 unspecified atom stereocenters. The normalized spacial score (nSPS) is 19.2. The number of nitrogens with zero attached hydrogens (tertiary/aromatic N) is 3. The van der Waals surface area contributed by atoms with Crippen LogP contribution in [0.3, 0.4) is 0 Å². The van der Waals surface area contributed by atoms with E-state index in [4.69, 9.17) is 4.74 Å². The lowest BCUT2D eigenvalue weighted by molar-refractivity contribution is -0.140. The summed E-state index contributed by atoms with van der Waals surface area (Å²) in [6.45, 7) is -0.696. The monoisotopic (exact) mass is 448 g/mol. The number of nitrogens with one attached hydrogen (secondary N) is 1. The largest absolute Gasteiger partial charge is 0.406 e. The second-order valence-corrected chi connectivity index (χ2v) is 7.99. The number of aromatic nitrogens is 2. The molecule has 5 rings (SSSR count). The van der Waals surface area contributed by atoms with Gasteiger partial charge in [0.1, 0.15) is 12.8 Å². The molecule has 1 atom stereocenters. The summed E-state index contributed by atoms with van der Waals surface area (Å²) in [6, 6.07) is 7.67. The van der Waals surface area contributed by atoms with Crippen LogP contribution in [0, 0.1) is 5.95 Å². The molecule has 168 valence electrons. The fourth-order valence-corrected chi connectivity index (χ4v) is 4.38. The van der Waals surface area contributed by atoms with Crippen molar-refractivity contribution in [1.29, 1.82) is 0 Å². The quantitative estimate of drug-likeness (QED) is 0.475. The molecule has 1 N–H and O–H groups in total. The third-order valence-corrected chi connectivity index (χ3v) is 5.86. The number of fused-ring (bicyclic) bond motifs is 3. The summed E-state index contributed by atoms with van der Waals surface area (Å²) in [7, 11) is 0. The van der Waals surface area contributed by atoms with Crippen LogP contribution in [0.5, 0.6) is 0 Å². The van der Waals surface area contributed by atoms with Gasteiger partial charge in [-0.2, -0.15) is 22.6 Å². The van der Waals surface area contributed by atoms with Crippen molar-refractivity contribution in [3.05, 3.63) is 58.4 Å². The minimum absolute atomic E-state index is 0.0748. The van der Waals surface area contributed by atoms with E-state index in [1.54, 1.807) is 17.1 Å². The second kappa shape index (κ2) is 7.86. The lowest BCUT2D eigenvalue weighted by Crippen LogP contribution is -2.40. The molecule has 10 heteroatoms. The fraction of sp³-hybridized carbons (Fsp3) is 0.364. The van der Waals surface area contributed by atoms with Crippen LogP contribution in [0.1, 0.15) is 24.8 Å². The molecule has 0 radical (unpaired) electrons. The zero-order valence-electron chi connectivity index (χ0n) is 17.0. The van der Waals surface area contributed by atoms with Gasteiger partial charge in [-0.25, -0.2) is 4.98 Å². The van der Waals surface area contributed by atoms with Crippen molar-refractivity contribution in [2.75, 3.05) is 12.0 Å². The van der Waals surface area contributed by atoms with Gasteiger partial charge in [-0.15, -0.1) is 0 Å². The van der Waals surface area contributed by atoms with Crippen molar-refractivity contribution < 1.29 is 22.3 Å². The van der Waals surface area contributed by atoms with Crippen molar-refractivity contribution in [3.63, 3.8) is 0 Å². The number of rotatable bonds is 3. The number of ether oxygens (including phenoxy) is 1. The summed E-state index contributed by atoms with van der Waals surface area (Å²) in [4.78, 5) is 16.8. The number of hydrogen-bond donors (Lipinski definition) is 1. The topological polar surface area (TPSA) is 59.4 Å². The van der Waals surface area contributed by atoms with Crippen molar-refractivity contribution in [2.24, 2.45) is 0 Å². The molecule has 0 aliphatic carbocycles. The average Bonchev–Trinajstić information content (AvgIpc) is 3.22. The maximum absolute atomic E-state index is 14.2. The Morgan fingerprint density at radius 2 is 2.06 bits per heavy atom. The second-order valence-electron chi connectivity index (χ2n) is 7.99. The van der Waals surface area contributed by atoms with Crippen molar-refractivity contribution in [3.8, 4) is 11.1 Å². The highest BCUT2D eigenvalue weighted by Crippen LogP contribution is 2.36. The van der Waals surface area contributed by atoms with Gasteiger partial charge in [0.05, 0.1) is 23.3 Å². The standard InChI is InChI=1S/C22H20F4N4O2/c23-20-14(4-3-8-27-20)13-6-7-15-17(10-13)29(12-22(24,25)26)21(31)16-11-30(28-19(15)16)18-5-1-2-9-32-18/h3-4,6-8,10,18,28H,1-2,5,9,11-12H2. The predicted molar refractivity (Wildman–Crippen MR) is 110 cm³/mol. The predicted octanol–water partition coefficient (Wildman–Crippen LogP) is 4.43. The molecule has 1 fully saturated rings. The number of hydrazine groups is 1. The third kappa shape index (κ3) is 3.73. The van der Waals surface area contributed by atoms with E-state index in [2.05, 4.69) is 10.4 Å². The molecule has 2 aliphatic heterocycles. The lowest BCUT2D eigenvalue weighted by Gasteiger charge is -2.30. The van der Waals surface area contributed by atoms with Gasteiger partial charge in [0.15, 0.2) is 0 Å². The number of pyridine rings is 2. The van der Waals surface area contributed by atoms with Crippen LogP contribution < -0.4 is 11.0 Å². The van der Waals surface area contributed by atoms with Crippen LogP contribution in [0.2, 0.25) is 0 Å². The zero-order valence-corrected chi connectivity index (χ0v) is 17.0. The van der Waals surface area contributed by atoms with E-state index in [0.29, 0.717) is 23.2 Å². The molecule has 32 heavy (non-hydrogen) atoms. The highest BCUT2D eigenvalue weighted by Gasteiger charge is 2.35. The van der Waals surface area contributed by atoms with Crippen LogP contribution in [-0.4, -0.2) is 33.6 Å². The third-order valence-electron chi connectivity index (χ3n) is 5.86. The van der Waals surface area contributed by atoms with Crippen LogP contribution >= 0.6 is 0 Å². The highest BCUT2D eigenvalue weighted by atomic mass is 19.4. The van der Waals surface area contributed by atoms with Crippen LogP contribution in [0.25, 0.3) is 22.0 Å². The Morgan fingerprint density at radius 3 is 2.78 bits per heavy atom. The minimum atomic E-state index is -4.60. The molecule has 2 aromatic heterocycles. The summed E-state index contributed by atoms with van der Waals surface area (Å²) in [5, 5.41) is 2.22. The maximum atomic E-state index is 14.2. The van der Waals surface area contributed by atoms with Gasteiger partial charge in [0.2, 0.25) is 5.95 Å². The number of benzene rings is 1. The Hall–Kier alpha value is -2.98. The van der Waals surface area contributed by atoms with Crippen LogP contribution in [0.15, 0.2) is 41.3 Å². The number of hydrogen-bond acceptors (Lipinski definition) is 5. The molecule has 3 aromatic rings. The molecule has 0 spiro atoms. The van der Waals surface area contributed by atoms with Crippen LogP contribution in [-0.2, 0) is 17.8 Å². The smallest absolute Gasteiger partial charge is 0.361 e. The summed E-state index contributed by atoms with van der Waals surface area (Å²) < 4.78 is 60.8. The van der Waals surface area contributed by atoms with Crippen molar-refractivity contribution in [2.45, 2.75) is 44.8 Å². The molecule has 0 saturated carbocycles. The van der Waals surface area contributed by atoms with E-state index in [1.165, 1.54) is 24.4 Å². The molecule has 1 saturated heterocycles. The molecule has 1 aromatic carbocycles. The van der Waals surface area contributed by atoms with Gasteiger partial charge in [-0.3, -0.25) is 9.36 Å². The van der Waals surface area contributed by atoms with E-state index in [-0.39, 0.29) is 29.4 Å². The maximum Gasteiger partial charge on any atom is 0.406 e. The van der Waals surface area contributed by atoms with Crippen LogP contribution in [0.4, 0.5) is 23.2 Å².